The number of hydrogen-bond donors (Lipinski definition) is 2. The summed E-state index contributed by atoms with van der Waals surface area (Å²) in [5.41, 5.74) is 5.62. The van der Waals surface area contributed by atoms with E-state index in [9.17, 15) is 14.0 Å². The highest BCUT2D eigenvalue weighted by atomic mass is 19.1. The number of anilines is 1. The Kier molecular flexibility index (Phi) is 6.31. The van der Waals surface area contributed by atoms with E-state index in [2.05, 4.69) is 5.32 Å². The average molecular weight is 387 g/mol. The van der Waals surface area contributed by atoms with Gasteiger partial charge in [-0.05, 0) is 36.4 Å². The largest absolute Gasteiger partial charge is 0.490 e. The molecule has 8 heteroatoms. The monoisotopic (exact) mass is 387 g/mol. The number of carbonyl (C=O) groups excluding carboxylic acids is 2. The van der Waals surface area contributed by atoms with Crippen molar-refractivity contribution in [1.82, 2.24) is 4.90 Å². The SMILES string of the molecule is NC(=O)COc1cccc(NC(=O)N2CCC(Oc3ccc(F)cc3)CC2)c1. The molecular weight excluding hydrogens is 365 g/mol. The van der Waals surface area contributed by atoms with E-state index in [1.165, 1.54) is 12.1 Å². The van der Waals surface area contributed by atoms with Crippen LogP contribution in [0.4, 0.5) is 14.9 Å². The summed E-state index contributed by atoms with van der Waals surface area (Å²) in [6.45, 7) is 0.879. The predicted molar refractivity (Wildman–Crippen MR) is 102 cm³/mol. The molecule has 0 radical (unpaired) electrons. The quantitative estimate of drug-likeness (QED) is 0.797. The van der Waals surface area contributed by atoms with E-state index in [0.717, 1.165) is 0 Å². The molecule has 28 heavy (non-hydrogen) atoms. The number of piperidine rings is 1. The molecule has 1 saturated heterocycles. The number of rotatable bonds is 6. The van der Waals surface area contributed by atoms with Crippen molar-refractivity contribution in [2.24, 2.45) is 5.73 Å². The third kappa shape index (κ3) is 5.60. The van der Waals surface area contributed by atoms with E-state index in [1.807, 2.05) is 0 Å². The lowest BCUT2D eigenvalue weighted by molar-refractivity contribution is -0.119. The fourth-order valence-corrected chi connectivity index (χ4v) is 2.90. The van der Waals surface area contributed by atoms with Crippen LogP contribution in [-0.4, -0.2) is 42.6 Å². The molecule has 1 fully saturated rings. The second-order valence-corrected chi connectivity index (χ2v) is 6.47. The maximum absolute atomic E-state index is 13.0. The first kappa shape index (κ1) is 19.5. The summed E-state index contributed by atoms with van der Waals surface area (Å²) in [5, 5.41) is 2.82. The van der Waals surface area contributed by atoms with Gasteiger partial charge in [0.05, 0.1) is 0 Å². The van der Waals surface area contributed by atoms with Crippen LogP contribution in [-0.2, 0) is 4.79 Å². The lowest BCUT2D eigenvalue weighted by atomic mass is 10.1. The van der Waals surface area contributed by atoms with Crippen LogP contribution in [0.25, 0.3) is 0 Å². The number of carbonyl (C=O) groups is 2. The molecule has 2 aromatic rings. The zero-order valence-electron chi connectivity index (χ0n) is 15.3. The molecule has 3 N–H and O–H groups in total. The van der Waals surface area contributed by atoms with Gasteiger partial charge in [0, 0.05) is 37.7 Å². The minimum Gasteiger partial charge on any atom is -0.490 e. The van der Waals surface area contributed by atoms with Crippen LogP contribution < -0.4 is 20.5 Å². The molecule has 1 aliphatic heterocycles. The maximum Gasteiger partial charge on any atom is 0.321 e. The maximum atomic E-state index is 13.0. The Hall–Kier alpha value is -3.29. The molecule has 0 aromatic heterocycles. The van der Waals surface area contributed by atoms with Gasteiger partial charge in [-0.15, -0.1) is 0 Å². The third-order valence-electron chi connectivity index (χ3n) is 4.31. The van der Waals surface area contributed by atoms with Crippen LogP contribution in [0, 0.1) is 5.82 Å². The number of ether oxygens (including phenoxy) is 2. The van der Waals surface area contributed by atoms with Gasteiger partial charge >= 0.3 is 6.03 Å². The van der Waals surface area contributed by atoms with Gasteiger partial charge in [0.1, 0.15) is 23.4 Å². The number of benzene rings is 2. The van der Waals surface area contributed by atoms with E-state index in [1.54, 1.807) is 41.3 Å². The van der Waals surface area contributed by atoms with Gasteiger partial charge < -0.3 is 25.4 Å². The van der Waals surface area contributed by atoms with Crippen molar-refractivity contribution in [2.75, 3.05) is 25.0 Å². The lowest BCUT2D eigenvalue weighted by Crippen LogP contribution is -2.43. The van der Waals surface area contributed by atoms with Gasteiger partial charge in [0.25, 0.3) is 5.91 Å². The Morgan fingerprint density at radius 1 is 1.11 bits per heavy atom. The van der Waals surface area contributed by atoms with Crippen LogP contribution in [0.5, 0.6) is 11.5 Å². The number of hydrogen-bond acceptors (Lipinski definition) is 4. The van der Waals surface area contributed by atoms with Crippen molar-refractivity contribution >= 4 is 17.6 Å². The first-order chi connectivity index (χ1) is 13.5. The third-order valence-corrected chi connectivity index (χ3v) is 4.31. The highest BCUT2D eigenvalue weighted by Gasteiger charge is 2.24. The van der Waals surface area contributed by atoms with E-state index in [4.69, 9.17) is 15.2 Å². The number of likely N-dealkylation sites (tertiary alicyclic amines) is 1. The molecule has 2 aromatic carbocycles. The summed E-state index contributed by atoms with van der Waals surface area (Å²) in [4.78, 5) is 25.0. The summed E-state index contributed by atoms with van der Waals surface area (Å²) < 4.78 is 24.0. The number of urea groups is 1. The Morgan fingerprint density at radius 3 is 2.50 bits per heavy atom. The fourth-order valence-electron chi connectivity index (χ4n) is 2.90. The van der Waals surface area contributed by atoms with Gasteiger partial charge in [-0.1, -0.05) is 6.07 Å². The van der Waals surface area contributed by atoms with Gasteiger partial charge in [0.15, 0.2) is 6.61 Å². The molecular formula is C20H22FN3O4. The van der Waals surface area contributed by atoms with Gasteiger partial charge in [-0.25, -0.2) is 9.18 Å². The minimum atomic E-state index is -0.569. The van der Waals surface area contributed by atoms with E-state index in [-0.39, 0.29) is 24.6 Å². The molecule has 1 heterocycles. The molecule has 148 valence electrons. The number of nitrogens with two attached hydrogens (primary N) is 1. The molecule has 1 aliphatic rings. The van der Waals surface area contributed by atoms with E-state index >= 15 is 0 Å². The van der Waals surface area contributed by atoms with E-state index in [0.29, 0.717) is 43.1 Å². The Balaban J connectivity index is 1.48. The van der Waals surface area contributed by atoms with Gasteiger partial charge in [0.2, 0.25) is 0 Å². The van der Waals surface area contributed by atoms with Crippen LogP contribution in [0.3, 0.4) is 0 Å². The second-order valence-electron chi connectivity index (χ2n) is 6.47. The number of amides is 3. The molecule has 0 atom stereocenters. The zero-order valence-corrected chi connectivity index (χ0v) is 15.3. The minimum absolute atomic E-state index is 0.0139. The Morgan fingerprint density at radius 2 is 1.82 bits per heavy atom. The lowest BCUT2D eigenvalue weighted by Gasteiger charge is -2.32. The topological polar surface area (TPSA) is 93.9 Å². The summed E-state index contributed by atoms with van der Waals surface area (Å²) >= 11 is 0. The Bertz CT molecular complexity index is 820. The standard InChI is InChI=1S/C20H22FN3O4/c21-14-4-6-16(7-5-14)28-17-8-10-24(11-9-17)20(26)23-15-2-1-3-18(12-15)27-13-19(22)25/h1-7,12,17H,8-11,13H2,(H2,22,25)(H,23,26). The zero-order chi connectivity index (χ0) is 19.9. The van der Waals surface area contributed by atoms with Gasteiger partial charge in [-0.3, -0.25) is 4.79 Å². The van der Waals surface area contributed by atoms with Crippen LogP contribution in [0.15, 0.2) is 48.5 Å². The van der Waals surface area contributed by atoms with Crippen molar-refractivity contribution in [3.8, 4) is 11.5 Å². The van der Waals surface area contributed by atoms with Gasteiger partial charge in [-0.2, -0.15) is 0 Å². The van der Waals surface area contributed by atoms with Crippen LogP contribution in [0.2, 0.25) is 0 Å². The van der Waals surface area contributed by atoms with Crippen molar-refractivity contribution in [2.45, 2.75) is 18.9 Å². The Labute approximate surface area is 162 Å². The number of nitrogens with one attached hydrogen (secondary N) is 1. The smallest absolute Gasteiger partial charge is 0.321 e. The molecule has 0 spiro atoms. The highest BCUT2D eigenvalue weighted by molar-refractivity contribution is 5.89. The molecule has 3 amide bonds. The van der Waals surface area contributed by atoms with Crippen LogP contribution >= 0.6 is 0 Å². The molecule has 7 nitrogen and oxygen atoms in total. The number of primary amides is 1. The summed E-state index contributed by atoms with van der Waals surface area (Å²) in [6, 6.07) is 12.5. The van der Waals surface area contributed by atoms with Crippen molar-refractivity contribution in [1.29, 1.82) is 0 Å². The van der Waals surface area contributed by atoms with E-state index < -0.39 is 5.91 Å². The molecule has 0 bridgehead atoms. The molecule has 3 rings (SSSR count). The summed E-state index contributed by atoms with van der Waals surface area (Å²) in [7, 11) is 0. The van der Waals surface area contributed by atoms with Crippen molar-refractivity contribution in [3.05, 3.63) is 54.3 Å². The predicted octanol–water partition coefficient (Wildman–Crippen LogP) is 2.77. The summed E-state index contributed by atoms with van der Waals surface area (Å²) in [6.07, 6.45) is 1.36. The summed E-state index contributed by atoms with van der Waals surface area (Å²) in [5.74, 6) is 0.197. The first-order valence-electron chi connectivity index (χ1n) is 8.99. The highest BCUT2D eigenvalue weighted by Crippen LogP contribution is 2.21. The normalized spacial score (nSPS) is 14.4. The molecule has 0 unspecified atom stereocenters. The average Bonchev–Trinajstić information content (AvgIpc) is 2.69. The fraction of sp³-hybridized carbons (Fsp3) is 0.300. The number of nitrogens with zero attached hydrogens (tertiary/aromatic N) is 1. The number of halogens is 1. The molecule has 0 saturated carbocycles. The van der Waals surface area contributed by atoms with Crippen molar-refractivity contribution in [3.63, 3.8) is 0 Å². The van der Waals surface area contributed by atoms with Crippen molar-refractivity contribution < 1.29 is 23.5 Å². The van der Waals surface area contributed by atoms with Crippen LogP contribution in [0.1, 0.15) is 12.8 Å². The second kappa shape index (κ2) is 9.07. The first-order valence-corrected chi connectivity index (χ1v) is 8.99. The molecule has 0 aliphatic carbocycles.